The minimum absolute atomic E-state index is 0.0794. The molecule has 1 amide bonds. The summed E-state index contributed by atoms with van der Waals surface area (Å²) >= 11 is 3.70. The number of hydrogen-bond acceptors (Lipinski definition) is 3. The Morgan fingerprint density at radius 3 is 2.29 bits per heavy atom. The fourth-order valence-electron chi connectivity index (χ4n) is 4.48. The number of carbonyl (C=O) groups excluding carboxylic acids is 2. The van der Waals surface area contributed by atoms with E-state index in [0.717, 1.165) is 38.0 Å². The highest BCUT2D eigenvalue weighted by atomic mass is 79.9. The molecule has 0 aliphatic carbocycles. The van der Waals surface area contributed by atoms with Crippen LogP contribution in [0.4, 0.5) is 5.69 Å². The molecule has 0 spiro atoms. The molecule has 0 saturated heterocycles. The number of benzene rings is 4. The average Bonchev–Trinajstić information content (AvgIpc) is 3.17. The Morgan fingerprint density at radius 1 is 0.829 bits per heavy atom. The van der Waals surface area contributed by atoms with E-state index in [-0.39, 0.29) is 5.91 Å². The fourth-order valence-corrected chi connectivity index (χ4v) is 4.96. The van der Waals surface area contributed by atoms with E-state index in [1.165, 1.54) is 7.11 Å². The summed E-state index contributed by atoms with van der Waals surface area (Å²) in [5, 5.41) is 0. The van der Waals surface area contributed by atoms with Gasteiger partial charge in [0.1, 0.15) is 0 Å². The van der Waals surface area contributed by atoms with Gasteiger partial charge in [0.05, 0.1) is 30.5 Å². The van der Waals surface area contributed by atoms with Gasteiger partial charge in [0.15, 0.2) is 0 Å². The van der Waals surface area contributed by atoms with Gasteiger partial charge in [-0.3, -0.25) is 4.79 Å². The average molecular weight is 524 g/mol. The monoisotopic (exact) mass is 523 g/mol. The molecule has 0 unspecified atom stereocenters. The number of hydrogen-bond donors (Lipinski definition) is 0. The van der Waals surface area contributed by atoms with Crippen molar-refractivity contribution >= 4 is 44.6 Å². The zero-order chi connectivity index (χ0) is 24.4. The molecule has 4 aromatic carbocycles. The van der Waals surface area contributed by atoms with Gasteiger partial charge < -0.3 is 9.64 Å². The molecular formula is C30H22BrNO3. The standard InChI is InChI=1S/C30H22BrNO3/c1-35-30(34)22-13-9-10-20(18-22)19-32-26-17-8-6-15-24(26)28(29(32)33)27(21-11-3-2-4-12-21)23-14-5-7-16-25(23)31/h2-18H,19H2,1H3/b28-27+. The van der Waals surface area contributed by atoms with Crippen molar-refractivity contribution in [1.82, 2.24) is 0 Å². The SMILES string of the molecule is COC(=O)c1cccc(CN2C(=O)/C(=C(\c3ccccc3)c3ccccc3Br)c3ccccc32)c1. The molecule has 172 valence electrons. The quantitative estimate of drug-likeness (QED) is 0.215. The Kier molecular flexibility index (Phi) is 6.34. The van der Waals surface area contributed by atoms with Crippen LogP contribution in [0.1, 0.15) is 32.6 Å². The molecular weight excluding hydrogens is 502 g/mol. The zero-order valence-corrected chi connectivity index (χ0v) is 20.7. The lowest BCUT2D eigenvalue weighted by Gasteiger charge is -2.18. The minimum Gasteiger partial charge on any atom is -0.465 e. The summed E-state index contributed by atoms with van der Waals surface area (Å²) in [5.41, 5.74) is 6.48. The van der Waals surface area contributed by atoms with E-state index < -0.39 is 5.97 Å². The number of nitrogens with zero attached hydrogens (tertiary/aromatic N) is 1. The zero-order valence-electron chi connectivity index (χ0n) is 19.1. The van der Waals surface area contributed by atoms with Gasteiger partial charge in [0.25, 0.3) is 5.91 Å². The van der Waals surface area contributed by atoms with E-state index >= 15 is 0 Å². The molecule has 0 N–H and O–H groups in total. The van der Waals surface area contributed by atoms with Crippen molar-refractivity contribution in [2.24, 2.45) is 0 Å². The van der Waals surface area contributed by atoms with Gasteiger partial charge in [-0.25, -0.2) is 4.79 Å². The van der Waals surface area contributed by atoms with E-state index in [4.69, 9.17) is 4.74 Å². The first-order chi connectivity index (χ1) is 17.1. The van der Waals surface area contributed by atoms with Gasteiger partial charge in [0, 0.05) is 15.6 Å². The maximum Gasteiger partial charge on any atom is 0.337 e. The Labute approximate surface area is 212 Å². The third kappa shape index (κ3) is 4.31. The third-order valence-corrected chi connectivity index (χ3v) is 6.76. The first-order valence-corrected chi connectivity index (χ1v) is 12.0. The molecule has 1 heterocycles. The summed E-state index contributed by atoms with van der Waals surface area (Å²) in [6, 6.07) is 33.0. The van der Waals surface area contributed by atoms with E-state index in [2.05, 4.69) is 15.9 Å². The lowest BCUT2D eigenvalue weighted by Crippen LogP contribution is -2.26. The predicted molar refractivity (Wildman–Crippen MR) is 142 cm³/mol. The molecule has 5 rings (SSSR count). The Hall–Kier alpha value is -3.96. The van der Waals surface area contributed by atoms with Crippen LogP contribution in [-0.2, 0) is 16.1 Å². The second kappa shape index (κ2) is 9.72. The van der Waals surface area contributed by atoms with Gasteiger partial charge in [-0.15, -0.1) is 0 Å². The van der Waals surface area contributed by atoms with Gasteiger partial charge in [-0.1, -0.05) is 94.8 Å². The summed E-state index contributed by atoms with van der Waals surface area (Å²) < 4.78 is 5.78. The molecule has 0 saturated carbocycles. The molecule has 1 aliphatic rings. The van der Waals surface area contributed by atoms with E-state index in [0.29, 0.717) is 17.7 Å². The molecule has 35 heavy (non-hydrogen) atoms. The summed E-state index contributed by atoms with van der Waals surface area (Å²) in [7, 11) is 1.36. The molecule has 4 nitrogen and oxygen atoms in total. The van der Waals surface area contributed by atoms with Crippen molar-refractivity contribution in [3.8, 4) is 0 Å². The van der Waals surface area contributed by atoms with Gasteiger partial charge in [-0.2, -0.15) is 0 Å². The molecule has 0 radical (unpaired) electrons. The lowest BCUT2D eigenvalue weighted by molar-refractivity contribution is -0.113. The number of carbonyl (C=O) groups is 2. The van der Waals surface area contributed by atoms with E-state index in [1.807, 2.05) is 84.9 Å². The summed E-state index contributed by atoms with van der Waals surface area (Å²) in [4.78, 5) is 27.9. The maximum absolute atomic E-state index is 14.1. The van der Waals surface area contributed by atoms with Crippen molar-refractivity contribution < 1.29 is 14.3 Å². The topological polar surface area (TPSA) is 46.6 Å². The predicted octanol–water partition coefficient (Wildman–Crippen LogP) is 6.74. The van der Waals surface area contributed by atoms with Crippen LogP contribution in [0.2, 0.25) is 0 Å². The van der Waals surface area contributed by atoms with Crippen molar-refractivity contribution in [3.05, 3.63) is 135 Å². The highest BCUT2D eigenvalue weighted by Gasteiger charge is 2.35. The minimum atomic E-state index is -0.402. The first kappa shape index (κ1) is 22.8. The second-order valence-electron chi connectivity index (χ2n) is 8.20. The molecule has 0 bridgehead atoms. The number of esters is 1. The molecule has 0 aromatic heterocycles. The van der Waals surface area contributed by atoms with E-state index in [1.54, 1.807) is 23.1 Å². The molecule has 5 heteroatoms. The summed E-state index contributed by atoms with van der Waals surface area (Å²) in [5.74, 6) is -0.481. The number of methoxy groups -OCH3 is 1. The molecule has 1 aliphatic heterocycles. The number of amides is 1. The number of para-hydroxylation sites is 1. The Morgan fingerprint density at radius 2 is 1.51 bits per heavy atom. The highest BCUT2D eigenvalue weighted by molar-refractivity contribution is 9.10. The lowest BCUT2D eigenvalue weighted by atomic mass is 9.90. The number of anilines is 1. The van der Waals surface area contributed by atoms with Crippen LogP contribution in [0, 0.1) is 0 Å². The Bertz CT molecular complexity index is 1460. The summed E-state index contributed by atoms with van der Waals surface area (Å²) in [6.45, 7) is 0.336. The smallest absolute Gasteiger partial charge is 0.337 e. The van der Waals surface area contributed by atoms with Crippen LogP contribution >= 0.6 is 15.9 Å². The van der Waals surface area contributed by atoms with Crippen LogP contribution in [0.15, 0.2) is 108 Å². The number of rotatable bonds is 5. The molecule has 4 aromatic rings. The van der Waals surface area contributed by atoms with Gasteiger partial charge in [0.2, 0.25) is 0 Å². The third-order valence-electron chi connectivity index (χ3n) is 6.07. The van der Waals surface area contributed by atoms with Gasteiger partial charge >= 0.3 is 5.97 Å². The van der Waals surface area contributed by atoms with Gasteiger partial charge in [-0.05, 0) is 41.0 Å². The fraction of sp³-hybridized carbons (Fsp3) is 0.0667. The van der Waals surface area contributed by atoms with Crippen molar-refractivity contribution in [2.75, 3.05) is 12.0 Å². The largest absolute Gasteiger partial charge is 0.465 e. The number of ether oxygens (including phenoxy) is 1. The number of halogens is 1. The maximum atomic E-state index is 14.1. The van der Waals surface area contributed by atoms with Crippen LogP contribution < -0.4 is 4.90 Å². The first-order valence-electron chi connectivity index (χ1n) is 11.2. The normalized spacial score (nSPS) is 14.0. The van der Waals surface area contributed by atoms with Crippen LogP contribution in [-0.4, -0.2) is 19.0 Å². The Balaban J connectivity index is 1.68. The van der Waals surface area contributed by atoms with Crippen molar-refractivity contribution in [2.45, 2.75) is 6.54 Å². The molecule has 0 atom stereocenters. The number of fused-ring (bicyclic) bond motifs is 1. The van der Waals surface area contributed by atoms with Crippen molar-refractivity contribution in [1.29, 1.82) is 0 Å². The second-order valence-corrected chi connectivity index (χ2v) is 9.05. The van der Waals surface area contributed by atoms with E-state index in [9.17, 15) is 9.59 Å². The van der Waals surface area contributed by atoms with Crippen molar-refractivity contribution in [3.63, 3.8) is 0 Å². The highest BCUT2D eigenvalue weighted by Crippen LogP contribution is 2.44. The summed E-state index contributed by atoms with van der Waals surface area (Å²) in [6.07, 6.45) is 0. The molecule has 0 fully saturated rings. The van der Waals surface area contributed by atoms with Crippen LogP contribution in [0.5, 0.6) is 0 Å². The van der Waals surface area contributed by atoms with Crippen LogP contribution in [0.3, 0.4) is 0 Å². The van der Waals surface area contributed by atoms with Crippen LogP contribution in [0.25, 0.3) is 11.1 Å².